The molecule has 0 amide bonds. The monoisotopic (exact) mass is 488 g/mol. The third kappa shape index (κ3) is 10.6. The molecule has 0 aromatic rings. The van der Waals surface area contributed by atoms with Crippen LogP contribution in [0.15, 0.2) is 4.99 Å². The van der Waals surface area contributed by atoms with Crippen molar-refractivity contribution in [2.45, 2.75) is 53.0 Å². The molecule has 6 nitrogen and oxygen atoms in total. The minimum absolute atomic E-state index is 0. The van der Waals surface area contributed by atoms with Gasteiger partial charge in [-0.1, -0.05) is 13.8 Å². The topological polar surface area (TPSA) is 73.8 Å². The van der Waals surface area contributed by atoms with E-state index in [1.807, 2.05) is 6.92 Å². The van der Waals surface area contributed by atoms with Crippen LogP contribution in [0.2, 0.25) is 0 Å². The van der Waals surface area contributed by atoms with E-state index >= 15 is 0 Å². The summed E-state index contributed by atoms with van der Waals surface area (Å²) in [4.78, 5) is 7.03. The molecule has 2 unspecified atom stereocenters. The number of halogens is 1. The van der Waals surface area contributed by atoms with Gasteiger partial charge in [0.2, 0.25) is 0 Å². The lowest BCUT2D eigenvalue weighted by Crippen LogP contribution is -2.42. The van der Waals surface area contributed by atoms with E-state index in [2.05, 4.69) is 41.3 Å². The van der Waals surface area contributed by atoms with Crippen molar-refractivity contribution in [2.24, 2.45) is 10.9 Å². The van der Waals surface area contributed by atoms with Crippen molar-refractivity contribution in [3.8, 4) is 0 Å². The second-order valence-corrected chi connectivity index (χ2v) is 8.93. The molecule has 0 radical (unpaired) electrons. The van der Waals surface area contributed by atoms with Crippen LogP contribution in [0.25, 0.3) is 0 Å². The van der Waals surface area contributed by atoms with Gasteiger partial charge >= 0.3 is 0 Å². The number of guanidine groups is 1. The maximum atomic E-state index is 11.5. The Hall–Kier alpha value is -0.0900. The van der Waals surface area contributed by atoms with Crippen LogP contribution >= 0.6 is 24.0 Å². The van der Waals surface area contributed by atoms with E-state index < -0.39 is 9.84 Å². The summed E-state index contributed by atoms with van der Waals surface area (Å²) in [6.07, 6.45) is 3.00. The molecule has 0 aromatic carbocycles. The molecule has 1 aliphatic rings. The SMILES string of the molecule is CCNC(=NCC1CCS(=O)(=O)C1)NC(C)CCCN(CC)CC.I. The Kier molecular flexibility index (Phi) is 13.1. The molecule has 0 aliphatic carbocycles. The standard InChI is InChI=1S/C17H36N4O2S.HI/c1-5-18-17(19-13-16-10-12-24(22,23)14-16)20-15(4)9-8-11-21(6-2)7-3;/h15-16H,5-14H2,1-4H3,(H2,18,19,20);1H. The fourth-order valence-corrected chi connectivity index (χ4v) is 4.87. The van der Waals surface area contributed by atoms with Crippen LogP contribution in [0.3, 0.4) is 0 Å². The largest absolute Gasteiger partial charge is 0.357 e. The van der Waals surface area contributed by atoms with E-state index in [4.69, 9.17) is 0 Å². The van der Waals surface area contributed by atoms with Gasteiger partial charge in [0.05, 0.1) is 11.5 Å². The molecule has 2 atom stereocenters. The molecular formula is C17H37IN4O2S. The van der Waals surface area contributed by atoms with Gasteiger partial charge in [-0.3, -0.25) is 4.99 Å². The van der Waals surface area contributed by atoms with E-state index in [0.29, 0.717) is 18.3 Å². The maximum absolute atomic E-state index is 11.5. The molecule has 1 aliphatic heterocycles. The summed E-state index contributed by atoms with van der Waals surface area (Å²) >= 11 is 0. The summed E-state index contributed by atoms with van der Waals surface area (Å²) < 4.78 is 23.1. The fraction of sp³-hybridized carbons (Fsp3) is 0.941. The predicted octanol–water partition coefficient (Wildman–Crippen LogP) is 2.10. The van der Waals surface area contributed by atoms with Crippen LogP contribution in [0.4, 0.5) is 0 Å². The van der Waals surface area contributed by atoms with Crippen LogP contribution in [0, 0.1) is 5.92 Å². The second-order valence-electron chi connectivity index (χ2n) is 6.70. The number of nitrogens with zero attached hydrogens (tertiary/aromatic N) is 2. The molecule has 25 heavy (non-hydrogen) atoms. The average molecular weight is 488 g/mol. The third-order valence-electron chi connectivity index (χ3n) is 4.57. The summed E-state index contributed by atoms with van der Waals surface area (Å²) in [6.45, 7) is 13.3. The first kappa shape index (κ1) is 24.9. The molecule has 1 heterocycles. The van der Waals surface area contributed by atoms with Gasteiger partial charge in [0.15, 0.2) is 15.8 Å². The molecule has 0 spiro atoms. The number of aliphatic imine (C=N–C) groups is 1. The van der Waals surface area contributed by atoms with Crippen molar-refractivity contribution in [1.82, 2.24) is 15.5 Å². The summed E-state index contributed by atoms with van der Waals surface area (Å²) in [5, 5.41) is 6.70. The molecule has 150 valence electrons. The normalized spacial score (nSPS) is 21.0. The van der Waals surface area contributed by atoms with Gasteiger partial charge in [-0.25, -0.2) is 8.42 Å². The molecule has 0 bridgehead atoms. The third-order valence-corrected chi connectivity index (χ3v) is 6.40. The zero-order chi connectivity index (χ0) is 18.0. The zero-order valence-corrected chi connectivity index (χ0v) is 19.4. The molecular weight excluding hydrogens is 451 g/mol. The van der Waals surface area contributed by atoms with Crippen LogP contribution < -0.4 is 10.6 Å². The minimum atomic E-state index is -2.82. The first-order chi connectivity index (χ1) is 11.4. The number of hydrogen-bond acceptors (Lipinski definition) is 4. The van der Waals surface area contributed by atoms with Gasteiger partial charge in [-0.15, -0.1) is 24.0 Å². The van der Waals surface area contributed by atoms with Crippen LogP contribution in [0.1, 0.15) is 47.0 Å². The summed E-state index contributed by atoms with van der Waals surface area (Å²) in [6, 6.07) is 0.352. The van der Waals surface area contributed by atoms with Crippen molar-refractivity contribution < 1.29 is 8.42 Å². The van der Waals surface area contributed by atoms with Gasteiger partial charge in [0.1, 0.15) is 0 Å². The molecule has 0 aromatic heterocycles. The molecule has 1 fully saturated rings. The van der Waals surface area contributed by atoms with Gasteiger partial charge in [0.25, 0.3) is 0 Å². The van der Waals surface area contributed by atoms with E-state index in [1.54, 1.807) is 0 Å². The fourth-order valence-electron chi connectivity index (χ4n) is 3.02. The number of sulfone groups is 1. The molecule has 1 rings (SSSR count). The summed E-state index contributed by atoms with van der Waals surface area (Å²) in [5.74, 6) is 1.58. The van der Waals surface area contributed by atoms with Gasteiger partial charge in [0, 0.05) is 19.1 Å². The molecule has 8 heteroatoms. The van der Waals surface area contributed by atoms with E-state index in [-0.39, 0.29) is 35.6 Å². The summed E-state index contributed by atoms with van der Waals surface area (Å²) in [7, 11) is -2.82. The van der Waals surface area contributed by atoms with Gasteiger partial charge in [-0.2, -0.15) is 0 Å². The minimum Gasteiger partial charge on any atom is -0.357 e. The number of nitrogens with one attached hydrogen (secondary N) is 2. The van der Waals surface area contributed by atoms with Crippen LogP contribution in [-0.4, -0.2) is 69.5 Å². The van der Waals surface area contributed by atoms with Crippen molar-refractivity contribution in [3.05, 3.63) is 0 Å². The van der Waals surface area contributed by atoms with Crippen LogP contribution in [-0.2, 0) is 9.84 Å². The molecule has 0 saturated carbocycles. The van der Waals surface area contributed by atoms with Gasteiger partial charge < -0.3 is 15.5 Å². The lowest BCUT2D eigenvalue weighted by molar-refractivity contribution is 0.292. The Bertz CT molecular complexity index is 481. The Balaban J connectivity index is 0.00000576. The maximum Gasteiger partial charge on any atom is 0.191 e. The number of hydrogen-bond donors (Lipinski definition) is 2. The van der Waals surface area contributed by atoms with Crippen molar-refractivity contribution in [1.29, 1.82) is 0 Å². The van der Waals surface area contributed by atoms with Crippen molar-refractivity contribution in [2.75, 3.05) is 44.2 Å². The highest BCUT2D eigenvalue weighted by atomic mass is 127. The lowest BCUT2D eigenvalue weighted by atomic mass is 10.1. The highest BCUT2D eigenvalue weighted by Crippen LogP contribution is 2.18. The highest BCUT2D eigenvalue weighted by Gasteiger charge is 2.27. The smallest absolute Gasteiger partial charge is 0.191 e. The number of rotatable bonds is 10. The Morgan fingerprint density at radius 1 is 1.28 bits per heavy atom. The Labute approximate surface area is 171 Å². The quantitative estimate of drug-likeness (QED) is 0.280. The van der Waals surface area contributed by atoms with E-state index in [0.717, 1.165) is 51.4 Å². The van der Waals surface area contributed by atoms with E-state index in [1.165, 1.54) is 0 Å². The first-order valence-electron chi connectivity index (χ1n) is 9.37. The predicted molar refractivity (Wildman–Crippen MR) is 118 cm³/mol. The van der Waals surface area contributed by atoms with Crippen molar-refractivity contribution >= 4 is 39.8 Å². The van der Waals surface area contributed by atoms with E-state index in [9.17, 15) is 8.42 Å². The molecule has 2 N–H and O–H groups in total. The Morgan fingerprint density at radius 2 is 1.96 bits per heavy atom. The average Bonchev–Trinajstić information content (AvgIpc) is 2.88. The zero-order valence-electron chi connectivity index (χ0n) is 16.3. The lowest BCUT2D eigenvalue weighted by Gasteiger charge is -2.21. The van der Waals surface area contributed by atoms with Crippen LogP contribution in [0.5, 0.6) is 0 Å². The molecule has 1 saturated heterocycles. The first-order valence-corrected chi connectivity index (χ1v) is 11.2. The highest BCUT2D eigenvalue weighted by molar-refractivity contribution is 14.0. The Morgan fingerprint density at radius 3 is 2.48 bits per heavy atom. The van der Waals surface area contributed by atoms with Crippen molar-refractivity contribution in [3.63, 3.8) is 0 Å². The second kappa shape index (κ2) is 13.1. The summed E-state index contributed by atoms with van der Waals surface area (Å²) in [5.41, 5.74) is 0. The van der Waals surface area contributed by atoms with Gasteiger partial charge in [-0.05, 0) is 58.7 Å².